The van der Waals surface area contributed by atoms with Gasteiger partial charge in [0.15, 0.2) is 18.0 Å². The summed E-state index contributed by atoms with van der Waals surface area (Å²) in [6.07, 6.45) is -3.86. The first-order valence-corrected chi connectivity index (χ1v) is 13.2. The minimum absolute atomic E-state index is 0.314. The second-order valence-electron chi connectivity index (χ2n) is 9.89. The Morgan fingerprint density at radius 1 is 0.975 bits per heavy atom. The third-order valence-electron chi connectivity index (χ3n) is 7.92. The Kier molecular flexibility index (Phi) is 6.42. The number of benzene rings is 3. The van der Waals surface area contributed by atoms with Crippen LogP contribution in [0.25, 0.3) is 0 Å². The van der Waals surface area contributed by atoms with Gasteiger partial charge in [-0.1, -0.05) is 72.8 Å². The topological polar surface area (TPSA) is 103 Å². The smallest absolute Gasteiger partial charge is 0.330 e. The number of ether oxygens (including phenoxy) is 3. The van der Waals surface area contributed by atoms with Gasteiger partial charge in [0.05, 0.1) is 13.0 Å². The van der Waals surface area contributed by atoms with Crippen LogP contribution in [0.1, 0.15) is 22.9 Å². The number of nitrogens with zero attached hydrogens (tertiary/aromatic N) is 1. The van der Waals surface area contributed by atoms with E-state index < -0.39 is 46.6 Å². The van der Waals surface area contributed by atoms with Gasteiger partial charge in [0.1, 0.15) is 23.1 Å². The molecule has 2 heterocycles. The van der Waals surface area contributed by atoms with E-state index >= 15 is 4.39 Å². The van der Waals surface area contributed by atoms with Gasteiger partial charge in [0.2, 0.25) is 0 Å². The summed E-state index contributed by atoms with van der Waals surface area (Å²) in [5, 5.41) is 11.3. The van der Waals surface area contributed by atoms with Crippen LogP contribution in [-0.2, 0) is 15.1 Å². The van der Waals surface area contributed by atoms with E-state index in [1.165, 1.54) is 0 Å². The highest BCUT2D eigenvalue weighted by Gasteiger charge is 2.90. The molecule has 1 aromatic heterocycles. The van der Waals surface area contributed by atoms with Crippen molar-refractivity contribution in [2.75, 3.05) is 13.0 Å². The van der Waals surface area contributed by atoms with Crippen LogP contribution in [0.5, 0.6) is 5.75 Å². The Labute approximate surface area is 233 Å². The number of hydrogen-bond acceptors (Lipinski definition) is 6. The third-order valence-corrected chi connectivity index (χ3v) is 8.32. The highest BCUT2D eigenvalue weighted by Crippen LogP contribution is 2.68. The molecule has 3 aromatic carbocycles. The molecule has 1 aliphatic carbocycles. The molecule has 6 rings (SSSR count). The molecule has 2 N–H and O–H groups in total. The van der Waals surface area contributed by atoms with Crippen molar-refractivity contribution in [3.63, 3.8) is 0 Å². The number of methoxy groups -OCH3 is 1. The van der Waals surface area contributed by atoms with Crippen LogP contribution in [-0.4, -0.2) is 51.1 Å². The molecule has 1 aliphatic heterocycles. The summed E-state index contributed by atoms with van der Waals surface area (Å²) in [7, 11) is 1.56. The lowest BCUT2D eigenvalue weighted by molar-refractivity contribution is -0.126. The number of aromatic nitrogens is 2. The molecule has 0 bridgehead atoms. The van der Waals surface area contributed by atoms with E-state index in [9.17, 15) is 14.7 Å². The molecular formula is C30H26ClFN2O6. The van der Waals surface area contributed by atoms with Gasteiger partial charge in [0.25, 0.3) is 5.56 Å². The average Bonchev–Trinajstić information content (AvgIpc) is 3.38. The zero-order chi connectivity index (χ0) is 28.1. The second-order valence-corrected chi connectivity index (χ2v) is 10.2. The number of aliphatic hydroxyl groups excluding tert-OH is 1. The lowest BCUT2D eigenvalue weighted by Crippen LogP contribution is -2.47. The number of aromatic amines is 1. The molecule has 2 aliphatic rings. The van der Waals surface area contributed by atoms with Crippen LogP contribution in [0.4, 0.5) is 4.39 Å². The van der Waals surface area contributed by atoms with Crippen molar-refractivity contribution in [2.45, 2.75) is 35.3 Å². The minimum Gasteiger partial charge on any atom is -0.497 e. The van der Waals surface area contributed by atoms with Crippen LogP contribution < -0.4 is 16.0 Å². The number of aliphatic hydroxyl groups is 1. The number of alkyl halides is 2. The molecule has 2 fully saturated rings. The molecule has 0 amide bonds. The van der Waals surface area contributed by atoms with Gasteiger partial charge in [-0.2, -0.15) is 0 Å². The fourth-order valence-electron chi connectivity index (χ4n) is 5.85. The summed E-state index contributed by atoms with van der Waals surface area (Å²) in [5.41, 5.74) is -4.61. The lowest BCUT2D eigenvalue weighted by atomic mass is 9.79. The molecule has 0 radical (unpaired) electrons. The van der Waals surface area contributed by atoms with Crippen molar-refractivity contribution in [1.29, 1.82) is 0 Å². The van der Waals surface area contributed by atoms with E-state index in [1.807, 2.05) is 72.8 Å². The lowest BCUT2D eigenvalue weighted by Gasteiger charge is -2.40. The van der Waals surface area contributed by atoms with E-state index in [2.05, 4.69) is 4.98 Å². The Balaban J connectivity index is 1.57. The summed E-state index contributed by atoms with van der Waals surface area (Å²) in [6, 6.07) is 26.8. The maximum Gasteiger partial charge on any atom is 0.330 e. The molecule has 206 valence electrons. The molecule has 1 saturated heterocycles. The summed E-state index contributed by atoms with van der Waals surface area (Å²) in [5.74, 6) is 0.300. The monoisotopic (exact) mass is 564 g/mol. The van der Waals surface area contributed by atoms with E-state index in [1.54, 1.807) is 19.2 Å². The number of hydrogen-bond donors (Lipinski definition) is 2. The van der Waals surface area contributed by atoms with Crippen LogP contribution in [0.2, 0.25) is 0 Å². The molecule has 8 nitrogen and oxygen atoms in total. The van der Waals surface area contributed by atoms with Gasteiger partial charge in [-0.15, -0.1) is 11.6 Å². The molecule has 4 aromatic rings. The maximum absolute atomic E-state index is 16.8. The summed E-state index contributed by atoms with van der Waals surface area (Å²) >= 11 is 6.37. The Morgan fingerprint density at radius 2 is 1.55 bits per heavy atom. The Morgan fingerprint density at radius 3 is 2.08 bits per heavy atom. The number of halogens is 2. The van der Waals surface area contributed by atoms with Gasteiger partial charge >= 0.3 is 5.69 Å². The van der Waals surface area contributed by atoms with Crippen molar-refractivity contribution < 1.29 is 23.7 Å². The van der Waals surface area contributed by atoms with Gasteiger partial charge in [-0.05, 0) is 28.8 Å². The van der Waals surface area contributed by atoms with Gasteiger partial charge in [-0.25, -0.2) is 9.18 Å². The summed E-state index contributed by atoms with van der Waals surface area (Å²) in [4.78, 5) is 26.4. The minimum atomic E-state index is -2.05. The fourth-order valence-corrected chi connectivity index (χ4v) is 6.26. The van der Waals surface area contributed by atoms with E-state index in [0.717, 1.165) is 16.8 Å². The highest BCUT2D eigenvalue weighted by atomic mass is 35.5. The fraction of sp³-hybridized carbons (Fsp3) is 0.267. The number of H-pyrrole nitrogens is 1. The Hall–Kier alpha value is -3.76. The normalized spacial score (nSPS) is 27.2. The molecular weight excluding hydrogens is 539 g/mol. The third kappa shape index (κ3) is 3.62. The predicted octanol–water partition coefficient (Wildman–Crippen LogP) is 3.51. The SMILES string of the molecule is COc1ccc(C(O[C@]23C(O)[C@@]2(CCl)O[C@@H](n2ccc(=O)[nH]c2=O)[C@@H]3F)(c2ccccc2)c2ccccc2)cc1. The van der Waals surface area contributed by atoms with E-state index in [0.29, 0.717) is 22.4 Å². The second kappa shape index (κ2) is 9.71. The first-order valence-electron chi connectivity index (χ1n) is 12.7. The average molecular weight is 565 g/mol. The zero-order valence-electron chi connectivity index (χ0n) is 21.4. The van der Waals surface area contributed by atoms with Crippen molar-refractivity contribution in [3.8, 4) is 5.75 Å². The molecule has 0 spiro atoms. The van der Waals surface area contributed by atoms with E-state index in [4.69, 9.17) is 25.8 Å². The quantitative estimate of drug-likeness (QED) is 0.251. The molecule has 40 heavy (non-hydrogen) atoms. The van der Waals surface area contributed by atoms with Crippen molar-refractivity contribution in [1.82, 2.24) is 9.55 Å². The van der Waals surface area contributed by atoms with Crippen molar-refractivity contribution in [3.05, 3.63) is 135 Å². The Bertz CT molecular complexity index is 1590. The molecule has 1 unspecified atom stereocenters. The number of fused-ring (bicyclic) bond motifs is 1. The summed E-state index contributed by atoms with van der Waals surface area (Å²) < 4.78 is 36.1. The van der Waals surface area contributed by atoms with Crippen LogP contribution in [0, 0.1) is 0 Å². The molecule has 10 heteroatoms. The first-order chi connectivity index (χ1) is 19.3. The van der Waals surface area contributed by atoms with Crippen LogP contribution >= 0.6 is 11.6 Å². The predicted molar refractivity (Wildman–Crippen MR) is 145 cm³/mol. The largest absolute Gasteiger partial charge is 0.497 e. The molecule has 5 atom stereocenters. The van der Waals surface area contributed by atoms with E-state index in [-0.39, 0.29) is 5.88 Å². The van der Waals surface area contributed by atoms with Gasteiger partial charge < -0.3 is 19.3 Å². The summed E-state index contributed by atoms with van der Waals surface area (Å²) in [6.45, 7) is 0. The maximum atomic E-state index is 16.8. The van der Waals surface area contributed by atoms with Crippen molar-refractivity contribution >= 4 is 11.6 Å². The van der Waals surface area contributed by atoms with Crippen LogP contribution in [0.3, 0.4) is 0 Å². The highest BCUT2D eigenvalue weighted by molar-refractivity contribution is 6.19. The van der Waals surface area contributed by atoms with Gasteiger partial charge in [0, 0.05) is 12.3 Å². The molecule has 1 saturated carbocycles. The zero-order valence-corrected chi connectivity index (χ0v) is 22.1. The number of rotatable bonds is 8. The van der Waals surface area contributed by atoms with Crippen molar-refractivity contribution in [2.24, 2.45) is 0 Å². The first kappa shape index (κ1) is 26.5. The van der Waals surface area contributed by atoms with Gasteiger partial charge in [-0.3, -0.25) is 14.3 Å². The number of nitrogens with one attached hydrogen (secondary N) is 1. The van der Waals surface area contributed by atoms with Crippen LogP contribution in [0.15, 0.2) is 107 Å². The standard InChI is InChI=1S/C30H26ClFN2O6/c1-38-22-14-12-21(13-15-22)29(19-8-4-2-5-9-19,20-10-6-3-7-11-20)40-30-24(32)25(39-28(30,18-31)26(30)36)34-17-16-23(35)33-27(34)37/h2-17,24-26,36H,18H2,1H3,(H,33,35,37)/t24-,25+,26?,28+,30+/m0/s1.